The van der Waals surface area contributed by atoms with Crippen LogP contribution in [0.1, 0.15) is 75.1 Å². The zero-order valence-electron chi connectivity index (χ0n) is 18.9. The van der Waals surface area contributed by atoms with Crippen molar-refractivity contribution in [1.29, 1.82) is 0 Å². The van der Waals surface area contributed by atoms with Crippen LogP contribution in [0, 0.1) is 11.8 Å². The Labute approximate surface area is 186 Å². The van der Waals surface area contributed by atoms with Crippen LogP contribution in [0.4, 0.5) is 0 Å². The van der Waals surface area contributed by atoms with Gasteiger partial charge in [0.25, 0.3) is 5.91 Å². The lowest BCUT2D eigenvalue weighted by Gasteiger charge is -2.39. The average Bonchev–Trinajstić information content (AvgIpc) is 3.34. The molecule has 2 aliphatic rings. The molecule has 6 heteroatoms. The molecule has 1 amide bonds. The summed E-state index contributed by atoms with van der Waals surface area (Å²) in [6.45, 7) is 5.88. The molecular formula is C25H37N5O. The number of piperidine rings is 1. The van der Waals surface area contributed by atoms with Gasteiger partial charge in [-0.05, 0) is 68.7 Å². The summed E-state index contributed by atoms with van der Waals surface area (Å²) in [7, 11) is 0. The first-order valence-corrected chi connectivity index (χ1v) is 12.2. The Morgan fingerprint density at radius 3 is 2.87 bits per heavy atom. The van der Waals surface area contributed by atoms with Crippen molar-refractivity contribution in [3.63, 3.8) is 0 Å². The quantitative estimate of drug-likeness (QED) is 0.681. The number of hydrogen-bond acceptors (Lipinski definition) is 4. The van der Waals surface area contributed by atoms with E-state index in [-0.39, 0.29) is 11.9 Å². The lowest BCUT2D eigenvalue weighted by molar-refractivity contribution is 0.0853. The minimum absolute atomic E-state index is 0.00381. The Balaban J connectivity index is 1.33. The van der Waals surface area contributed by atoms with E-state index in [2.05, 4.69) is 27.2 Å². The first-order chi connectivity index (χ1) is 15.2. The number of unbranched alkanes of at least 4 members (excludes halogenated alkanes) is 1. The molecule has 31 heavy (non-hydrogen) atoms. The zero-order chi connectivity index (χ0) is 21.5. The summed E-state index contributed by atoms with van der Waals surface area (Å²) in [6, 6.07) is 5.83. The Bertz CT molecular complexity index is 804. The second-order valence-corrected chi connectivity index (χ2v) is 9.39. The number of rotatable bonds is 8. The molecule has 3 heterocycles. The number of aromatic nitrogens is 3. The fourth-order valence-corrected chi connectivity index (χ4v) is 5.31. The summed E-state index contributed by atoms with van der Waals surface area (Å²) in [6.07, 6.45) is 16.8. The molecule has 2 aromatic rings. The van der Waals surface area contributed by atoms with Crippen LogP contribution in [0.5, 0.6) is 0 Å². The summed E-state index contributed by atoms with van der Waals surface area (Å²) < 4.78 is 1.70. The van der Waals surface area contributed by atoms with Gasteiger partial charge in [0.1, 0.15) is 0 Å². The van der Waals surface area contributed by atoms with Crippen LogP contribution >= 0.6 is 0 Å². The van der Waals surface area contributed by atoms with Gasteiger partial charge in [-0.3, -0.25) is 4.79 Å². The van der Waals surface area contributed by atoms with Crippen molar-refractivity contribution in [3.05, 3.63) is 42.4 Å². The summed E-state index contributed by atoms with van der Waals surface area (Å²) >= 11 is 0. The molecule has 2 aromatic heterocycles. The Kier molecular flexibility index (Phi) is 7.73. The maximum atomic E-state index is 12.9. The van der Waals surface area contributed by atoms with Gasteiger partial charge < -0.3 is 10.2 Å². The van der Waals surface area contributed by atoms with E-state index >= 15 is 0 Å². The monoisotopic (exact) mass is 423 g/mol. The van der Waals surface area contributed by atoms with Crippen LogP contribution in [0.15, 0.2) is 36.8 Å². The highest BCUT2D eigenvalue weighted by atomic mass is 16.1. The molecule has 0 spiro atoms. The molecule has 1 saturated carbocycles. The van der Waals surface area contributed by atoms with E-state index in [0.717, 1.165) is 24.7 Å². The van der Waals surface area contributed by atoms with Crippen molar-refractivity contribution >= 4 is 5.91 Å². The molecule has 168 valence electrons. The van der Waals surface area contributed by atoms with Gasteiger partial charge in [0.05, 0.1) is 5.56 Å². The molecule has 1 aliphatic carbocycles. The second-order valence-electron chi connectivity index (χ2n) is 9.39. The van der Waals surface area contributed by atoms with E-state index in [4.69, 9.17) is 0 Å². The standard InChI is InChI=1S/C25H37N5O/c1-2-3-8-20-9-6-15-29(18-20)19-22-10-4-5-11-23(22)28-25(31)21-12-13-24(26-17-21)30-16-7-14-27-30/h7,12-14,16-17,20,22-23H,2-6,8-11,15,18-19H2,1H3,(H,28,31)/t20?,22-,23-/m0/s1. The van der Waals surface area contributed by atoms with Crippen LogP contribution in [-0.2, 0) is 0 Å². The molecule has 4 rings (SSSR count). The third-order valence-electron chi connectivity index (χ3n) is 7.04. The number of nitrogens with one attached hydrogen (secondary N) is 1. The smallest absolute Gasteiger partial charge is 0.253 e. The highest BCUT2D eigenvalue weighted by molar-refractivity contribution is 5.94. The molecule has 0 aromatic carbocycles. The number of pyridine rings is 1. The van der Waals surface area contributed by atoms with Crippen LogP contribution in [0.3, 0.4) is 0 Å². The molecule has 0 radical (unpaired) electrons. The largest absolute Gasteiger partial charge is 0.349 e. The molecular weight excluding hydrogens is 386 g/mol. The van der Waals surface area contributed by atoms with Gasteiger partial charge in [-0.1, -0.05) is 32.6 Å². The van der Waals surface area contributed by atoms with Gasteiger partial charge in [-0.25, -0.2) is 9.67 Å². The summed E-state index contributed by atoms with van der Waals surface area (Å²) in [5, 5.41) is 7.54. The van der Waals surface area contributed by atoms with Gasteiger partial charge in [0, 0.05) is 37.7 Å². The van der Waals surface area contributed by atoms with Crippen molar-refractivity contribution in [2.24, 2.45) is 11.8 Å². The maximum absolute atomic E-state index is 12.9. The molecule has 0 bridgehead atoms. The Hall–Kier alpha value is -2.21. The van der Waals surface area contributed by atoms with Crippen molar-refractivity contribution < 1.29 is 4.79 Å². The molecule has 3 atom stereocenters. The molecule has 1 aliphatic heterocycles. The fraction of sp³-hybridized carbons (Fsp3) is 0.640. The lowest BCUT2D eigenvalue weighted by Crippen LogP contribution is -2.48. The van der Waals surface area contributed by atoms with E-state index in [1.54, 1.807) is 17.1 Å². The minimum Gasteiger partial charge on any atom is -0.349 e. The third-order valence-corrected chi connectivity index (χ3v) is 7.04. The fourth-order valence-electron chi connectivity index (χ4n) is 5.31. The van der Waals surface area contributed by atoms with Gasteiger partial charge in [0.2, 0.25) is 0 Å². The van der Waals surface area contributed by atoms with Gasteiger partial charge >= 0.3 is 0 Å². The predicted octanol–water partition coefficient (Wildman–Crippen LogP) is 4.46. The van der Waals surface area contributed by atoms with E-state index in [1.807, 2.05) is 24.4 Å². The number of carbonyl (C=O) groups is 1. The van der Waals surface area contributed by atoms with E-state index < -0.39 is 0 Å². The predicted molar refractivity (Wildman–Crippen MR) is 123 cm³/mol. The van der Waals surface area contributed by atoms with Crippen molar-refractivity contribution in [3.8, 4) is 5.82 Å². The Morgan fingerprint density at radius 2 is 2.10 bits per heavy atom. The van der Waals surface area contributed by atoms with E-state index in [9.17, 15) is 4.79 Å². The molecule has 1 unspecified atom stereocenters. The molecule has 2 fully saturated rings. The van der Waals surface area contributed by atoms with Gasteiger partial charge in [0.15, 0.2) is 5.82 Å². The van der Waals surface area contributed by atoms with Crippen LogP contribution in [0.2, 0.25) is 0 Å². The molecule has 1 saturated heterocycles. The topological polar surface area (TPSA) is 63.1 Å². The van der Waals surface area contributed by atoms with Crippen LogP contribution in [-0.4, -0.2) is 51.2 Å². The highest BCUT2D eigenvalue weighted by Crippen LogP contribution is 2.28. The third kappa shape index (κ3) is 5.94. The van der Waals surface area contributed by atoms with Crippen LogP contribution < -0.4 is 5.32 Å². The van der Waals surface area contributed by atoms with Crippen molar-refractivity contribution in [2.75, 3.05) is 19.6 Å². The zero-order valence-corrected chi connectivity index (χ0v) is 18.9. The summed E-state index contributed by atoms with van der Waals surface area (Å²) in [5.41, 5.74) is 0.623. The van der Waals surface area contributed by atoms with E-state index in [1.165, 1.54) is 64.5 Å². The lowest BCUT2D eigenvalue weighted by atomic mass is 9.83. The normalized spacial score (nSPS) is 24.7. The summed E-state index contributed by atoms with van der Waals surface area (Å²) in [5.74, 6) is 2.14. The minimum atomic E-state index is -0.00381. The summed E-state index contributed by atoms with van der Waals surface area (Å²) in [4.78, 5) is 20.0. The number of likely N-dealkylation sites (tertiary alicyclic amines) is 1. The molecule has 6 nitrogen and oxygen atoms in total. The number of nitrogens with zero attached hydrogens (tertiary/aromatic N) is 4. The first-order valence-electron chi connectivity index (χ1n) is 12.2. The van der Waals surface area contributed by atoms with Crippen molar-refractivity contribution in [2.45, 2.75) is 70.8 Å². The molecule has 1 N–H and O–H groups in total. The second kappa shape index (κ2) is 10.9. The average molecular weight is 424 g/mol. The number of amides is 1. The van der Waals surface area contributed by atoms with Gasteiger partial charge in [-0.15, -0.1) is 0 Å². The van der Waals surface area contributed by atoms with Crippen molar-refractivity contribution in [1.82, 2.24) is 25.0 Å². The SMILES string of the molecule is CCCCC1CCCN(C[C@@H]2CCCC[C@@H]2NC(=O)c2ccc(-n3cccn3)nc2)C1. The number of hydrogen-bond donors (Lipinski definition) is 1. The maximum Gasteiger partial charge on any atom is 0.253 e. The van der Waals surface area contributed by atoms with E-state index in [0.29, 0.717) is 11.5 Å². The first kappa shape index (κ1) is 22.0. The number of carbonyl (C=O) groups excluding carboxylic acids is 1. The van der Waals surface area contributed by atoms with Gasteiger partial charge in [-0.2, -0.15) is 5.10 Å². The highest BCUT2D eigenvalue weighted by Gasteiger charge is 2.30. The Morgan fingerprint density at radius 1 is 1.19 bits per heavy atom. The van der Waals surface area contributed by atoms with Crippen LogP contribution in [0.25, 0.3) is 5.82 Å².